The van der Waals surface area contributed by atoms with Gasteiger partial charge in [-0.05, 0) is 43.5 Å². The van der Waals surface area contributed by atoms with Crippen molar-refractivity contribution in [1.82, 2.24) is 10.1 Å². The van der Waals surface area contributed by atoms with E-state index in [0.29, 0.717) is 54.2 Å². The molecule has 3 aromatic rings. The number of nitrogens with one attached hydrogen (secondary N) is 1. The molecule has 0 radical (unpaired) electrons. The van der Waals surface area contributed by atoms with Crippen LogP contribution < -0.4 is 15.0 Å². The lowest BCUT2D eigenvalue weighted by molar-refractivity contribution is -0.120. The van der Waals surface area contributed by atoms with Gasteiger partial charge in [-0.15, -0.1) is 0 Å². The molecular formula is C22H23ClN4O3. The molecule has 0 bridgehead atoms. The molecule has 4 rings (SSSR count). The first-order chi connectivity index (χ1) is 14.5. The zero-order chi connectivity index (χ0) is 21.1. The number of carbonyl (C=O) groups excluding carboxylic acids is 1. The van der Waals surface area contributed by atoms with Crippen molar-refractivity contribution >= 4 is 29.2 Å². The fraction of sp³-hybridized carbons (Fsp3) is 0.318. The van der Waals surface area contributed by atoms with Gasteiger partial charge < -0.3 is 19.5 Å². The minimum absolute atomic E-state index is 0.0120. The molecule has 1 aliphatic rings. The molecule has 0 unspecified atom stereocenters. The molecule has 1 fully saturated rings. The summed E-state index contributed by atoms with van der Waals surface area (Å²) in [6, 6.07) is 13.6. The molecule has 1 aromatic heterocycles. The number of hydrogen-bond acceptors (Lipinski definition) is 6. The van der Waals surface area contributed by atoms with Crippen LogP contribution in [0.25, 0.3) is 11.4 Å². The minimum Gasteiger partial charge on any atom is -0.495 e. The van der Waals surface area contributed by atoms with Crippen LogP contribution in [0.4, 0.5) is 11.7 Å². The second-order valence-corrected chi connectivity index (χ2v) is 7.72. The SMILES string of the molecule is COc1ccc(NC(=O)C2CCN(c3nc(-c4ccccc4C)no3)CC2)cc1Cl. The van der Waals surface area contributed by atoms with Crippen molar-refractivity contribution in [2.45, 2.75) is 19.8 Å². The molecule has 8 heteroatoms. The second kappa shape index (κ2) is 8.75. The van der Waals surface area contributed by atoms with Crippen molar-refractivity contribution < 1.29 is 14.1 Å². The van der Waals surface area contributed by atoms with Crippen molar-refractivity contribution in [3.63, 3.8) is 0 Å². The number of piperidine rings is 1. The maximum atomic E-state index is 12.6. The Morgan fingerprint density at radius 2 is 2.00 bits per heavy atom. The number of carbonyl (C=O) groups is 1. The Hall–Kier alpha value is -3.06. The first-order valence-electron chi connectivity index (χ1n) is 9.84. The third kappa shape index (κ3) is 4.26. The lowest BCUT2D eigenvalue weighted by Gasteiger charge is -2.29. The van der Waals surface area contributed by atoms with E-state index >= 15 is 0 Å². The van der Waals surface area contributed by atoms with Gasteiger partial charge in [-0.1, -0.05) is 41.0 Å². The maximum absolute atomic E-state index is 12.6. The van der Waals surface area contributed by atoms with Gasteiger partial charge in [0.15, 0.2) is 0 Å². The first kappa shape index (κ1) is 20.2. The number of aryl methyl sites for hydroxylation is 1. The Morgan fingerprint density at radius 3 is 2.70 bits per heavy atom. The van der Waals surface area contributed by atoms with E-state index in [1.807, 2.05) is 36.1 Å². The summed E-state index contributed by atoms with van der Waals surface area (Å²) in [6.07, 6.45) is 1.41. The van der Waals surface area contributed by atoms with Gasteiger partial charge in [0.25, 0.3) is 0 Å². The summed E-state index contributed by atoms with van der Waals surface area (Å²) in [5.41, 5.74) is 2.71. The highest BCUT2D eigenvalue weighted by molar-refractivity contribution is 6.32. The normalized spacial score (nSPS) is 14.6. The van der Waals surface area contributed by atoms with Gasteiger partial charge in [0.2, 0.25) is 11.7 Å². The van der Waals surface area contributed by atoms with Crippen LogP contribution >= 0.6 is 11.6 Å². The summed E-state index contributed by atoms with van der Waals surface area (Å²) >= 11 is 6.14. The first-order valence-corrected chi connectivity index (χ1v) is 10.2. The molecule has 1 amide bonds. The maximum Gasteiger partial charge on any atom is 0.324 e. The van der Waals surface area contributed by atoms with Gasteiger partial charge in [0, 0.05) is 30.3 Å². The van der Waals surface area contributed by atoms with Crippen LogP contribution in [0, 0.1) is 12.8 Å². The van der Waals surface area contributed by atoms with E-state index in [0.717, 1.165) is 11.1 Å². The summed E-state index contributed by atoms with van der Waals surface area (Å²) in [7, 11) is 1.56. The van der Waals surface area contributed by atoms with E-state index in [4.69, 9.17) is 20.9 Å². The van der Waals surface area contributed by atoms with Gasteiger partial charge in [-0.3, -0.25) is 4.79 Å². The predicted molar refractivity (Wildman–Crippen MR) is 116 cm³/mol. The molecule has 1 aliphatic heterocycles. The predicted octanol–water partition coefficient (Wildman–Crippen LogP) is 4.56. The van der Waals surface area contributed by atoms with Crippen LogP contribution in [0.3, 0.4) is 0 Å². The molecule has 7 nitrogen and oxygen atoms in total. The monoisotopic (exact) mass is 426 g/mol. The van der Waals surface area contributed by atoms with Crippen molar-refractivity contribution in [3.8, 4) is 17.1 Å². The van der Waals surface area contributed by atoms with Crippen molar-refractivity contribution in [2.75, 3.05) is 30.4 Å². The van der Waals surface area contributed by atoms with Gasteiger partial charge in [0.1, 0.15) is 5.75 Å². The van der Waals surface area contributed by atoms with Gasteiger partial charge in [0.05, 0.1) is 12.1 Å². The number of rotatable bonds is 5. The van der Waals surface area contributed by atoms with E-state index in [1.54, 1.807) is 25.3 Å². The van der Waals surface area contributed by atoms with E-state index < -0.39 is 0 Å². The average Bonchev–Trinajstić information content (AvgIpc) is 3.24. The van der Waals surface area contributed by atoms with Crippen LogP contribution in [0.2, 0.25) is 5.02 Å². The lowest BCUT2D eigenvalue weighted by atomic mass is 9.96. The topological polar surface area (TPSA) is 80.5 Å². The molecule has 156 valence electrons. The summed E-state index contributed by atoms with van der Waals surface area (Å²) in [5.74, 6) is 1.06. The molecule has 1 saturated heterocycles. The lowest BCUT2D eigenvalue weighted by Crippen LogP contribution is -2.38. The van der Waals surface area contributed by atoms with Crippen LogP contribution in [-0.4, -0.2) is 36.2 Å². The summed E-state index contributed by atoms with van der Waals surface area (Å²) in [4.78, 5) is 19.2. The molecule has 30 heavy (non-hydrogen) atoms. The van der Waals surface area contributed by atoms with E-state index in [-0.39, 0.29) is 11.8 Å². The van der Waals surface area contributed by atoms with Crippen LogP contribution in [0.15, 0.2) is 47.0 Å². The van der Waals surface area contributed by atoms with Crippen molar-refractivity contribution in [1.29, 1.82) is 0 Å². The molecule has 0 atom stereocenters. The number of ether oxygens (including phenoxy) is 1. The van der Waals surface area contributed by atoms with Gasteiger partial charge >= 0.3 is 6.01 Å². The number of methoxy groups -OCH3 is 1. The number of amides is 1. The standard InChI is InChI=1S/C22H23ClN4O3/c1-14-5-3-4-6-17(14)20-25-22(30-26-20)27-11-9-15(10-12-27)21(28)24-16-7-8-19(29-2)18(23)13-16/h3-8,13,15H,9-12H2,1-2H3,(H,24,28). The molecule has 0 spiro atoms. The quantitative estimate of drug-likeness (QED) is 0.644. The molecule has 2 aromatic carbocycles. The molecule has 1 N–H and O–H groups in total. The fourth-order valence-electron chi connectivity index (χ4n) is 3.60. The number of halogens is 1. The second-order valence-electron chi connectivity index (χ2n) is 7.32. The summed E-state index contributed by atoms with van der Waals surface area (Å²) in [6.45, 7) is 3.37. The van der Waals surface area contributed by atoms with E-state index in [1.165, 1.54) is 0 Å². The van der Waals surface area contributed by atoms with Crippen molar-refractivity contribution in [3.05, 3.63) is 53.1 Å². The number of hydrogen-bond donors (Lipinski definition) is 1. The highest BCUT2D eigenvalue weighted by Gasteiger charge is 2.28. The minimum atomic E-state index is -0.0825. The van der Waals surface area contributed by atoms with Gasteiger partial charge in [-0.25, -0.2) is 0 Å². The highest BCUT2D eigenvalue weighted by atomic mass is 35.5. The Bertz CT molecular complexity index is 1040. The largest absolute Gasteiger partial charge is 0.495 e. The average molecular weight is 427 g/mol. The highest BCUT2D eigenvalue weighted by Crippen LogP contribution is 2.29. The zero-order valence-electron chi connectivity index (χ0n) is 16.9. The molecule has 2 heterocycles. The van der Waals surface area contributed by atoms with Crippen molar-refractivity contribution in [2.24, 2.45) is 5.92 Å². The Labute approximate surface area is 180 Å². The number of aromatic nitrogens is 2. The molecule has 0 aliphatic carbocycles. The summed E-state index contributed by atoms with van der Waals surface area (Å²) < 4.78 is 10.6. The molecular weight excluding hydrogens is 404 g/mol. The number of anilines is 2. The van der Waals surface area contributed by atoms with Crippen LogP contribution in [0.5, 0.6) is 5.75 Å². The number of benzene rings is 2. The summed E-state index contributed by atoms with van der Waals surface area (Å²) in [5, 5.41) is 7.53. The third-order valence-corrected chi connectivity index (χ3v) is 5.65. The Kier molecular flexibility index (Phi) is 5.90. The Balaban J connectivity index is 1.35. The van der Waals surface area contributed by atoms with E-state index in [2.05, 4.69) is 15.5 Å². The zero-order valence-corrected chi connectivity index (χ0v) is 17.6. The molecule has 0 saturated carbocycles. The smallest absolute Gasteiger partial charge is 0.324 e. The Morgan fingerprint density at radius 1 is 1.23 bits per heavy atom. The van der Waals surface area contributed by atoms with Gasteiger partial charge in [-0.2, -0.15) is 4.98 Å². The van der Waals surface area contributed by atoms with Crippen LogP contribution in [-0.2, 0) is 4.79 Å². The van der Waals surface area contributed by atoms with E-state index in [9.17, 15) is 4.79 Å². The van der Waals surface area contributed by atoms with Crippen LogP contribution in [0.1, 0.15) is 18.4 Å². The number of nitrogens with zero attached hydrogens (tertiary/aromatic N) is 3. The fourth-order valence-corrected chi connectivity index (χ4v) is 3.86. The third-order valence-electron chi connectivity index (χ3n) is 5.36.